The summed E-state index contributed by atoms with van der Waals surface area (Å²) in [5, 5.41) is 8.33. The summed E-state index contributed by atoms with van der Waals surface area (Å²) >= 11 is 0. The lowest BCUT2D eigenvalue weighted by Crippen LogP contribution is -1.92. The van der Waals surface area contributed by atoms with Crippen molar-refractivity contribution in [2.75, 3.05) is 13.2 Å². The van der Waals surface area contributed by atoms with Crippen LogP contribution >= 0.6 is 0 Å². The molecule has 0 aromatic rings. The van der Waals surface area contributed by atoms with E-state index in [-0.39, 0.29) is 0 Å². The number of nitrogens with zero attached hydrogens (tertiary/aromatic N) is 1. The first-order valence-electron chi connectivity index (χ1n) is 8.51. The number of rotatable bonds is 15. The molecule has 0 spiro atoms. The predicted octanol–water partition coefficient (Wildman–Crippen LogP) is 5.78. The number of nitriles is 1. The smallest absolute Gasteiger partial charge is 0.0647 e. The van der Waals surface area contributed by atoms with Gasteiger partial charge in [0.25, 0.3) is 0 Å². The second-order valence-corrected chi connectivity index (χ2v) is 5.43. The van der Waals surface area contributed by atoms with Crippen molar-refractivity contribution in [1.82, 2.24) is 0 Å². The quantitative estimate of drug-likeness (QED) is 0.281. The van der Waals surface area contributed by atoms with Gasteiger partial charge in [0.1, 0.15) is 0 Å². The van der Waals surface area contributed by atoms with E-state index in [1.165, 1.54) is 64.2 Å². The highest BCUT2D eigenvalue weighted by Crippen LogP contribution is 2.11. The van der Waals surface area contributed by atoms with E-state index < -0.39 is 0 Å². The number of allylic oxidation sites excluding steroid dienone is 1. The van der Waals surface area contributed by atoms with Gasteiger partial charge in [0, 0.05) is 0 Å². The van der Waals surface area contributed by atoms with Gasteiger partial charge in [-0.05, 0) is 12.8 Å². The molecule has 0 aromatic carbocycles. The fraction of sp³-hybridized carbons (Fsp3) is 0.833. The first kappa shape index (κ1) is 19.2. The minimum absolute atomic E-state index is 0.492. The zero-order valence-corrected chi connectivity index (χ0v) is 13.4. The average Bonchev–Trinajstić information content (AvgIpc) is 2.47. The van der Waals surface area contributed by atoms with E-state index in [1.807, 2.05) is 0 Å². The van der Waals surface area contributed by atoms with Gasteiger partial charge < -0.3 is 4.74 Å². The second kappa shape index (κ2) is 18.2. The van der Waals surface area contributed by atoms with Gasteiger partial charge in [-0.3, -0.25) is 0 Å². The standard InChI is InChI=1S/C18H33NO/c1-2-3-4-5-6-7-8-9-10-11-12-13-14-17-20-18-15-16-19/h13-14H,2-12,15,17-18H2,1H3/b14-13+. The van der Waals surface area contributed by atoms with Crippen LogP contribution in [0.4, 0.5) is 0 Å². The molecule has 0 atom stereocenters. The molecule has 116 valence electrons. The van der Waals surface area contributed by atoms with Crippen LogP contribution < -0.4 is 0 Å². The van der Waals surface area contributed by atoms with E-state index in [0.717, 1.165) is 6.42 Å². The van der Waals surface area contributed by atoms with Gasteiger partial charge in [-0.1, -0.05) is 76.9 Å². The van der Waals surface area contributed by atoms with Crippen LogP contribution in [0, 0.1) is 11.3 Å². The molecule has 20 heavy (non-hydrogen) atoms. The predicted molar refractivity (Wildman–Crippen MR) is 86.7 cm³/mol. The van der Waals surface area contributed by atoms with Crippen LogP contribution in [0.1, 0.15) is 84.0 Å². The monoisotopic (exact) mass is 279 g/mol. The minimum Gasteiger partial charge on any atom is -0.376 e. The van der Waals surface area contributed by atoms with Gasteiger partial charge in [-0.15, -0.1) is 0 Å². The van der Waals surface area contributed by atoms with Crippen LogP contribution in [-0.4, -0.2) is 13.2 Å². The van der Waals surface area contributed by atoms with Crippen molar-refractivity contribution in [1.29, 1.82) is 5.26 Å². The molecule has 0 radical (unpaired) electrons. The Bertz CT molecular complexity index is 242. The Morgan fingerprint density at radius 2 is 1.45 bits per heavy atom. The van der Waals surface area contributed by atoms with E-state index in [0.29, 0.717) is 19.6 Å². The topological polar surface area (TPSA) is 33.0 Å². The van der Waals surface area contributed by atoms with Crippen molar-refractivity contribution in [3.05, 3.63) is 12.2 Å². The Hall–Kier alpha value is -0.810. The normalized spacial score (nSPS) is 11.0. The van der Waals surface area contributed by atoms with E-state index in [9.17, 15) is 0 Å². The minimum atomic E-state index is 0.492. The van der Waals surface area contributed by atoms with Crippen molar-refractivity contribution in [3.8, 4) is 6.07 Å². The second-order valence-electron chi connectivity index (χ2n) is 5.43. The summed E-state index contributed by atoms with van der Waals surface area (Å²) in [4.78, 5) is 0. The van der Waals surface area contributed by atoms with Crippen LogP contribution in [0.25, 0.3) is 0 Å². The Morgan fingerprint density at radius 1 is 0.850 bits per heavy atom. The third kappa shape index (κ3) is 17.2. The summed E-state index contributed by atoms with van der Waals surface area (Å²) in [6.07, 6.45) is 19.9. The van der Waals surface area contributed by atoms with Crippen molar-refractivity contribution >= 4 is 0 Å². The summed E-state index contributed by atoms with van der Waals surface area (Å²) in [5.41, 5.74) is 0. The van der Waals surface area contributed by atoms with Crippen LogP contribution in [-0.2, 0) is 4.74 Å². The third-order valence-corrected chi connectivity index (χ3v) is 3.46. The largest absolute Gasteiger partial charge is 0.376 e. The Labute approximate surface area is 126 Å². The summed E-state index contributed by atoms with van der Waals surface area (Å²) in [5.74, 6) is 0. The molecule has 0 aliphatic heterocycles. The summed E-state index contributed by atoms with van der Waals surface area (Å²) in [6.45, 7) is 3.48. The molecule has 0 N–H and O–H groups in total. The maximum absolute atomic E-state index is 8.33. The molecule has 0 unspecified atom stereocenters. The van der Waals surface area contributed by atoms with E-state index >= 15 is 0 Å². The van der Waals surface area contributed by atoms with Crippen LogP contribution in [0.2, 0.25) is 0 Å². The Kier molecular flexibility index (Phi) is 17.5. The maximum atomic E-state index is 8.33. The molecule has 0 saturated heterocycles. The van der Waals surface area contributed by atoms with Crippen molar-refractivity contribution in [3.63, 3.8) is 0 Å². The maximum Gasteiger partial charge on any atom is 0.0647 e. The highest BCUT2D eigenvalue weighted by molar-refractivity contribution is 4.81. The van der Waals surface area contributed by atoms with E-state index in [4.69, 9.17) is 10.00 Å². The van der Waals surface area contributed by atoms with Crippen LogP contribution in [0.5, 0.6) is 0 Å². The molecule has 0 saturated carbocycles. The number of hydrogen-bond donors (Lipinski definition) is 0. The number of ether oxygens (including phenoxy) is 1. The SMILES string of the molecule is CCCCCCCCCCCC/C=C/COCCC#N. The summed E-state index contributed by atoms with van der Waals surface area (Å²) in [6, 6.07) is 2.07. The molecule has 0 aliphatic carbocycles. The lowest BCUT2D eigenvalue weighted by molar-refractivity contribution is 0.168. The first-order chi connectivity index (χ1) is 9.91. The van der Waals surface area contributed by atoms with Gasteiger partial charge in [0.2, 0.25) is 0 Å². The van der Waals surface area contributed by atoms with Gasteiger partial charge >= 0.3 is 0 Å². The average molecular weight is 279 g/mol. The highest BCUT2D eigenvalue weighted by Gasteiger charge is 1.91. The first-order valence-corrected chi connectivity index (χ1v) is 8.51. The molecule has 2 nitrogen and oxygen atoms in total. The lowest BCUT2D eigenvalue weighted by Gasteiger charge is -2.01. The molecule has 0 amide bonds. The molecule has 0 bridgehead atoms. The van der Waals surface area contributed by atoms with Gasteiger partial charge in [0.15, 0.2) is 0 Å². The highest BCUT2D eigenvalue weighted by atomic mass is 16.5. The van der Waals surface area contributed by atoms with Gasteiger partial charge in [0.05, 0.1) is 25.7 Å². The Morgan fingerprint density at radius 3 is 2.05 bits per heavy atom. The Balaban J connectivity index is 3.02. The van der Waals surface area contributed by atoms with E-state index in [2.05, 4.69) is 25.1 Å². The molecule has 0 heterocycles. The summed E-state index contributed by atoms with van der Waals surface area (Å²) < 4.78 is 5.26. The zero-order valence-electron chi connectivity index (χ0n) is 13.4. The fourth-order valence-corrected chi connectivity index (χ4v) is 2.20. The van der Waals surface area contributed by atoms with Gasteiger partial charge in [-0.25, -0.2) is 0 Å². The van der Waals surface area contributed by atoms with Crippen LogP contribution in [0.15, 0.2) is 12.2 Å². The molecule has 0 aromatic heterocycles. The molecular formula is C18H33NO. The van der Waals surface area contributed by atoms with Crippen molar-refractivity contribution < 1.29 is 4.74 Å². The summed E-state index contributed by atoms with van der Waals surface area (Å²) in [7, 11) is 0. The molecule has 0 aliphatic rings. The van der Waals surface area contributed by atoms with Crippen molar-refractivity contribution in [2.45, 2.75) is 84.0 Å². The molecule has 2 heteroatoms. The van der Waals surface area contributed by atoms with Gasteiger partial charge in [-0.2, -0.15) is 5.26 Å². The molecule has 0 rings (SSSR count). The number of hydrogen-bond acceptors (Lipinski definition) is 2. The lowest BCUT2D eigenvalue weighted by atomic mass is 10.1. The third-order valence-electron chi connectivity index (χ3n) is 3.46. The zero-order chi connectivity index (χ0) is 14.7. The van der Waals surface area contributed by atoms with Crippen LogP contribution in [0.3, 0.4) is 0 Å². The fourth-order valence-electron chi connectivity index (χ4n) is 2.20. The van der Waals surface area contributed by atoms with Crippen molar-refractivity contribution in [2.24, 2.45) is 0 Å². The molecule has 0 fully saturated rings. The number of unbranched alkanes of at least 4 members (excludes halogenated alkanes) is 10. The van der Waals surface area contributed by atoms with E-state index in [1.54, 1.807) is 0 Å². The molecular weight excluding hydrogens is 246 g/mol.